The highest BCUT2D eigenvalue weighted by molar-refractivity contribution is 6.46. The molecule has 1 heterocycles. The van der Waals surface area contributed by atoms with Crippen molar-refractivity contribution >= 4 is 17.4 Å². The van der Waals surface area contributed by atoms with Gasteiger partial charge in [-0.3, -0.25) is 9.59 Å². The molecule has 3 rings (SSSR count). The minimum absolute atomic E-state index is 0.0560. The molecule has 1 atom stereocenters. The lowest BCUT2D eigenvalue weighted by Crippen LogP contribution is -2.35. The van der Waals surface area contributed by atoms with Crippen molar-refractivity contribution in [1.29, 1.82) is 0 Å². The maximum atomic E-state index is 13.1. The van der Waals surface area contributed by atoms with Gasteiger partial charge in [0.25, 0.3) is 11.7 Å². The van der Waals surface area contributed by atoms with Crippen molar-refractivity contribution in [2.75, 3.05) is 40.9 Å². The number of hydrogen-bond acceptors (Lipinski definition) is 6. The molecule has 7 nitrogen and oxygen atoms in total. The molecule has 170 valence electrons. The summed E-state index contributed by atoms with van der Waals surface area (Å²) in [5.74, 6) is -0.440. The molecule has 1 aliphatic rings. The number of ether oxygens (including phenoxy) is 2. The molecule has 32 heavy (non-hydrogen) atoms. The SMILES string of the molecule is CCCOc1ccc(C2/C(=C(/O)c3ccccc3OC)C(=O)C(=O)N2CCN(C)C)cc1. The molecule has 1 amide bonds. The van der Waals surface area contributed by atoms with Crippen LogP contribution in [-0.4, -0.2) is 67.5 Å². The summed E-state index contributed by atoms with van der Waals surface area (Å²) in [6.07, 6.45) is 0.894. The highest BCUT2D eigenvalue weighted by atomic mass is 16.5. The molecule has 0 aromatic heterocycles. The van der Waals surface area contributed by atoms with Crippen molar-refractivity contribution in [3.8, 4) is 11.5 Å². The quantitative estimate of drug-likeness (QED) is 0.367. The Morgan fingerprint density at radius 2 is 1.78 bits per heavy atom. The molecule has 0 aliphatic carbocycles. The fourth-order valence-electron chi connectivity index (χ4n) is 3.72. The molecule has 2 aromatic carbocycles. The van der Waals surface area contributed by atoms with Gasteiger partial charge < -0.3 is 24.4 Å². The lowest BCUT2D eigenvalue weighted by molar-refractivity contribution is -0.140. The Morgan fingerprint density at radius 1 is 1.09 bits per heavy atom. The molecule has 1 aliphatic heterocycles. The Hall–Kier alpha value is -3.32. The van der Waals surface area contributed by atoms with E-state index in [1.807, 2.05) is 50.2 Å². The van der Waals surface area contributed by atoms with E-state index in [0.717, 1.165) is 12.0 Å². The fraction of sp³-hybridized carbons (Fsp3) is 0.360. The van der Waals surface area contributed by atoms with Crippen LogP contribution in [0, 0.1) is 0 Å². The first-order chi connectivity index (χ1) is 15.4. The fourth-order valence-corrected chi connectivity index (χ4v) is 3.72. The molecule has 2 aromatic rings. The van der Waals surface area contributed by atoms with E-state index in [1.165, 1.54) is 12.0 Å². The summed E-state index contributed by atoms with van der Waals surface area (Å²) < 4.78 is 11.0. The first-order valence-corrected chi connectivity index (χ1v) is 10.7. The van der Waals surface area contributed by atoms with Gasteiger partial charge in [0.1, 0.15) is 17.3 Å². The summed E-state index contributed by atoms with van der Waals surface area (Å²) >= 11 is 0. The summed E-state index contributed by atoms with van der Waals surface area (Å²) in [5.41, 5.74) is 1.15. The van der Waals surface area contributed by atoms with Crippen LogP contribution in [0.15, 0.2) is 54.1 Å². The Balaban J connectivity index is 2.11. The molecule has 1 saturated heterocycles. The van der Waals surface area contributed by atoms with Crippen LogP contribution in [0.1, 0.15) is 30.5 Å². The Kier molecular flexibility index (Phi) is 7.53. The zero-order valence-electron chi connectivity index (χ0n) is 19.0. The number of aliphatic hydroxyl groups is 1. The van der Waals surface area contributed by atoms with Crippen molar-refractivity contribution < 1.29 is 24.2 Å². The summed E-state index contributed by atoms with van der Waals surface area (Å²) in [5, 5.41) is 11.2. The second-order valence-electron chi connectivity index (χ2n) is 7.91. The molecular weight excluding hydrogens is 408 g/mol. The molecule has 0 bridgehead atoms. The number of para-hydroxylation sites is 1. The lowest BCUT2D eigenvalue weighted by atomic mass is 9.95. The minimum atomic E-state index is -0.708. The van der Waals surface area contributed by atoms with Crippen LogP contribution >= 0.6 is 0 Å². The Morgan fingerprint density at radius 3 is 2.41 bits per heavy atom. The number of rotatable bonds is 9. The van der Waals surface area contributed by atoms with E-state index in [4.69, 9.17) is 9.47 Å². The van der Waals surface area contributed by atoms with Crippen molar-refractivity contribution in [2.24, 2.45) is 0 Å². The first-order valence-electron chi connectivity index (χ1n) is 10.7. The number of Topliss-reactive ketones (excluding diaryl/α,β-unsaturated/α-hetero) is 1. The van der Waals surface area contributed by atoms with Gasteiger partial charge in [-0.25, -0.2) is 0 Å². The van der Waals surface area contributed by atoms with Gasteiger partial charge in [0.2, 0.25) is 0 Å². The van der Waals surface area contributed by atoms with Gasteiger partial charge in [0.05, 0.1) is 30.9 Å². The molecule has 1 unspecified atom stereocenters. The van der Waals surface area contributed by atoms with Crippen LogP contribution in [-0.2, 0) is 9.59 Å². The number of carbonyl (C=O) groups excluding carboxylic acids is 2. The average molecular weight is 439 g/mol. The normalized spacial score (nSPS) is 17.8. The summed E-state index contributed by atoms with van der Waals surface area (Å²) in [6.45, 7) is 3.56. The zero-order valence-corrected chi connectivity index (χ0v) is 19.0. The summed E-state index contributed by atoms with van der Waals surface area (Å²) in [4.78, 5) is 29.5. The third-order valence-corrected chi connectivity index (χ3v) is 5.36. The van der Waals surface area contributed by atoms with Gasteiger partial charge in [-0.1, -0.05) is 31.2 Å². The predicted molar refractivity (Wildman–Crippen MR) is 123 cm³/mol. The van der Waals surface area contributed by atoms with Crippen LogP contribution in [0.25, 0.3) is 5.76 Å². The monoisotopic (exact) mass is 438 g/mol. The second kappa shape index (κ2) is 10.3. The van der Waals surface area contributed by atoms with Crippen molar-refractivity contribution in [3.63, 3.8) is 0 Å². The number of nitrogens with zero attached hydrogens (tertiary/aromatic N) is 2. The number of amides is 1. The first kappa shape index (κ1) is 23.3. The third kappa shape index (κ3) is 4.78. The molecule has 0 saturated carbocycles. The average Bonchev–Trinajstić information content (AvgIpc) is 3.06. The minimum Gasteiger partial charge on any atom is -0.507 e. The number of hydrogen-bond donors (Lipinski definition) is 1. The van der Waals surface area contributed by atoms with Crippen LogP contribution in [0.2, 0.25) is 0 Å². The van der Waals surface area contributed by atoms with Gasteiger partial charge in [-0.15, -0.1) is 0 Å². The van der Waals surface area contributed by atoms with E-state index in [0.29, 0.717) is 36.8 Å². The van der Waals surface area contributed by atoms with Crippen molar-refractivity contribution in [3.05, 3.63) is 65.2 Å². The van der Waals surface area contributed by atoms with Gasteiger partial charge in [-0.2, -0.15) is 0 Å². The van der Waals surface area contributed by atoms with Gasteiger partial charge in [0.15, 0.2) is 0 Å². The van der Waals surface area contributed by atoms with E-state index in [-0.39, 0.29) is 11.3 Å². The van der Waals surface area contributed by atoms with Crippen molar-refractivity contribution in [2.45, 2.75) is 19.4 Å². The zero-order chi connectivity index (χ0) is 23.3. The van der Waals surface area contributed by atoms with E-state index in [2.05, 4.69) is 0 Å². The molecule has 1 N–H and O–H groups in total. The Bertz CT molecular complexity index is 998. The number of benzene rings is 2. The summed E-state index contributed by atoms with van der Waals surface area (Å²) in [6, 6.07) is 13.5. The lowest BCUT2D eigenvalue weighted by Gasteiger charge is -2.26. The third-order valence-electron chi connectivity index (χ3n) is 5.36. The maximum absolute atomic E-state index is 13.1. The Labute approximate surface area is 188 Å². The number of ketones is 1. The van der Waals surface area contributed by atoms with Crippen LogP contribution in [0.4, 0.5) is 0 Å². The second-order valence-corrected chi connectivity index (χ2v) is 7.91. The van der Waals surface area contributed by atoms with Crippen molar-refractivity contribution in [1.82, 2.24) is 9.80 Å². The van der Waals surface area contributed by atoms with Gasteiger partial charge in [0, 0.05) is 13.1 Å². The van der Waals surface area contributed by atoms with Crippen LogP contribution < -0.4 is 9.47 Å². The highest BCUT2D eigenvalue weighted by Gasteiger charge is 2.46. The predicted octanol–water partition coefficient (Wildman–Crippen LogP) is 3.47. The topological polar surface area (TPSA) is 79.3 Å². The van der Waals surface area contributed by atoms with Gasteiger partial charge >= 0.3 is 0 Å². The molecule has 7 heteroatoms. The van der Waals surface area contributed by atoms with E-state index in [9.17, 15) is 14.7 Å². The summed E-state index contributed by atoms with van der Waals surface area (Å²) in [7, 11) is 5.30. The number of likely N-dealkylation sites (N-methyl/N-ethyl adjacent to an activating group) is 1. The smallest absolute Gasteiger partial charge is 0.295 e. The molecule has 1 fully saturated rings. The van der Waals surface area contributed by atoms with Gasteiger partial charge in [-0.05, 0) is 50.3 Å². The number of likely N-dealkylation sites (tertiary alicyclic amines) is 1. The van der Waals surface area contributed by atoms with Crippen LogP contribution in [0.3, 0.4) is 0 Å². The van der Waals surface area contributed by atoms with E-state index < -0.39 is 17.7 Å². The number of methoxy groups -OCH3 is 1. The standard InChI is InChI=1S/C25H30N2O5/c1-5-16-32-18-12-10-17(11-13-18)22-21(23(28)19-8-6-7-9-20(19)31-4)24(29)25(30)27(22)15-14-26(2)3/h6-13,22,28H,5,14-16H2,1-4H3/b23-21-. The molecule has 0 radical (unpaired) electrons. The largest absolute Gasteiger partial charge is 0.507 e. The number of carbonyl (C=O) groups is 2. The number of aliphatic hydroxyl groups excluding tert-OH is 1. The molecular formula is C25H30N2O5. The highest BCUT2D eigenvalue weighted by Crippen LogP contribution is 2.41. The van der Waals surface area contributed by atoms with Crippen LogP contribution in [0.5, 0.6) is 11.5 Å². The maximum Gasteiger partial charge on any atom is 0.295 e. The van der Waals surface area contributed by atoms with E-state index in [1.54, 1.807) is 24.3 Å². The van der Waals surface area contributed by atoms with E-state index >= 15 is 0 Å². The molecule has 0 spiro atoms.